The van der Waals surface area contributed by atoms with Gasteiger partial charge in [-0.15, -0.1) is 0 Å². The molecule has 2 N–H and O–H groups in total. The molecule has 0 saturated carbocycles. The van der Waals surface area contributed by atoms with Crippen molar-refractivity contribution < 1.29 is 13.9 Å². The van der Waals surface area contributed by atoms with Crippen LogP contribution in [-0.4, -0.2) is 61.6 Å². The highest BCUT2D eigenvalue weighted by molar-refractivity contribution is 5.75. The number of carbonyl (C=O) groups is 1. The number of likely N-dealkylation sites (N-methyl/N-ethyl adjacent to an activating group) is 1. The highest BCUT2D eigenvalue weighted by atomic mass is 19.1. The normalized spacial score (nSPS) is 19.5. The maximum Gasteiger partial charge on any atom is 0.231 e. The van der Waals surface area contributed by atoms with Crippen LogP contribution < -0.4 is 5.73 Å². The molecule has 122 valence electrons. The number of nitrogens with two attached hydrogens (primary N) is 1. The van der Waals surface area contributed by atoms with Gasteiger partial charge in [-0.3, -0.25) is 14.6 Å². The quantitative estimate of drug-likeness (QED) is 0.842. The van der Waals surface area contributed by atoms with Crippen molar-refractivity contribution in [3.05, 3.63) is 35.1 Å². The molecule has 1 aromatic rings. The van der Waals surface area contributed by atoms with Gasteiger partial charge in [-0.1, -0.05) is 6.07 Å². The summed E-state index contributed by atoms with van der Waals surface area (Å²) in [4.78, 5) is 15.1. The van der Waals surface area contributed by atoms with Crippen LogP contribution in [0.1, 0.15) is 11.1 Å². The van der Waals surface area contributed by atoms with E-state index in [0.29, 0.717) is 13.2 Å². The summed E-state index contributed by atoms with van der Waals surface area (Å²) >= 11 is 0. The number of aryl methyl sites for hydroxylation is 1. The van der Waals surface area contributed by atoms with Crippen LogP contribution in [0, 0.1) is 12.7 Å². The highest BCUT2D eigenvalue weighted by Gasteiger charge is 2.22. The summed E-state index contributed by atoms with van der Waals surface area (Å²) in [6.45, 7) is 5.92. The SMILES string of the molecule is Cc1cc(F)ccc1CN1CCOC(CN(C)CC(N)=O)C1. The van der Waals surface area contributed by atoms with E-state index in [9.17, 15) is 9.18 Å². The van der Waals surface area contributed by atoms with E-state index in [4.69, 9.17) is 10.5 Å². The molecule has 0 radical (unpaired) electrons. The maximum absolute atomic E-state index is 13.2. The van der Waals surface area contributed by atoms with Crippen molar-refractivity contribution in [1.29, 1.82) is 0 Å². The highest BCUT2D eigenvalue weighted by Crippen LogP contribution is 2.15. The molecular weight excluding hydrogens is 285 g/mol. The summed E-state index contributed by atoms with van der Waals surface area (Å²) in [5.41, 5.74) is 7.29. The van der Waals surface area contributed by atoms with Crippen LogP contribution in [0.3, 0.4) is 0 Å². The summed E-state index contributed by atoms with van der Waals surface area (Å²) in [6, 6.07) is 4.91. The van der Waals surface area contributed by atoms with Gasteiger partial charge in [0.05, 0.1) is 19.3 Å². The molecular formula is C16H24FN3O2. The van der Waals surface area contributed by atoms with E-state index in [1.165, 1.54) is 6.07 Å². The van der Waals surface area contributed by atoms with Gasteiger partial charge in [0.15, 0.2) is 0 Å². The fraction of sp³-hybridized carbons (Fsp3) is 0.562. The van der Waals surface area contributed by atoms with Crippen LogP contribution in [0.5, 0.6) is 0 Å². The number of primary amides is 1. The number of rotatable bonds is 6. The van der Waals surface area contributed by atoms with E-state index in [-0.39, 0.29) is 24.4 Å². The van der Waals surface area contributed by atoms with Gasteiger partial charge in [0.2, 0.25) is 5.91 Å². The molecule has 1 unspecified atom stereocenters. The lowest BCUT2D eigenvalue weighted by molar-refractivity contribution is -0.119. The van der Waals surface area contributed by atoms with Crippen molar-refractivity contribution in [3.63, 3.8) is 0 Å². The number of benzene rings is 1. The van der Waals surface area contributed by atoms with Crippen molar-refractivity contribution in [1.82, 2.24) is 9.80 Å². The van der Waals surface area contributed by atoms with E-state index in [1.807, 2.05) is 24.9 Å². The number of hydrogen-bond acceptors (Lipinski definition) is 4. The summed E-state index contributed by atoms with van der Waals surface area (Å²) < 4.78 is 18.9. The molecule has 1 aliphatic rings. The Morgan fingerprint density at radius 2 is 2.32 bits per heavy atom. The van der Waals surface area contributed by atoms with Crippen LogP contribution >= 0.6 is 0 Å². The Labute approximate surface area is 130 Å². The van der Waals surface area contributed by atoms with Crippen molar-refractivity contribution in [3.8, 4) is 0 Å². The third kappa shape index (κ3) is 5.05. The second-order valence-electron chi connectivity index (χ2n) is 5.96. The molecule has 6 heteroatoms. The Morgan fingerprint density at radius 3 is 3.00 bits per heavy atom. The number of ether oxygens (including phenoxy) is 1. The summed E-state index contributed by atoms with van der Waals surface area (Å²) in [5.74, 6) is -0.536. The van der Waals surface area contributed by atoms with Gasteiger partial charge in [0.25, 0.3) is 0 Å². The molecule has 2 rings (SSSR count). The van der Waals surface area contributed by atoms with Gasteiger partial charge in [0, 0.05) is 26.2 Å². The molecule has 1 aromatic carbocycles. The molecule has 0 aromatic heterocycles. The first-order valence-electron chi connectivity index (χ1n) is 7.50. The fourth-order valence-corrected chi connectivity index (χ4v) is 2.79. The monoisotopic (exact) mass is 309 g/mol. The lowest BCUT2D eigenvalue weighted by Crippen LogP contribution is -2.47. The van der Waals surface area contributed by atoms with Crippen LogP contribution in [0.2, 0.25) is 0 Å². The Bertz CT molecular complexity index is 524. The molecule has 22 heavy (non-hydrogen) atoms. The zero-order chi connectivity index (χ0) is 16.1. The Kier molecular flexibility index (Phi) is 5.88. The predicted octanol–water partition coefficient (Wildman–Crippen LogP) is 0.752. The zero-order valence-electron chi connectivity index (χ0n) is 13.2. The number of amides is 1. The van der Waals surface area contributed by atoms with Gasteiger partial charge in [-0.2, -0.15) is 0 Å². The zero-order valence-corrected chi connectivity index (χ0v) is 13.2. The standard InChI is InChI=1S/C16H24FN3O2/c1-12-7-14(17)4-3-13(12)8-20-5-6-22-15(10-20)9-19(2)11-16(18)21/h3-4,7,15H,5-6,8-11H2,1-2H3,(H2,18,21). The number of nitrogens with zero attached hydrogens (tertiary/aromatic N) is 2. The fourth-order valence-electron chi connectivity index (χ4n) is 2.79. The van der Waals surface area contributed by atoms with Crippen molar-refractivity contribution in [2.75, 3.05) is 39.8 Å². The van der Waals surface area contributed by atoms with E-state index in [1.54, 1.807) is 6.07 Å². The molecule has 1 heterocycles. The smallest absolute Gasteiger partial charge is 0.231 e. The van der Waals surface area contributed by atoms with Crippen LogP contribution in [0.4, 0.5) is 4.39 Å². The third-order valence-electron chi connectivity index (χ3n) is 3.86. The molecule has 1 fully saturated rings. The van der Waals surface area contributed by atoms with E-state index < -0.39 is 0 Å². The van der Waals surface area contributed by atoms with E-state index >= 15 is 0 Å². The van der Waals surface area contributed by atoms with Crippen LogP contribution in [-0.2, 0) is 16.1 Å². The molecule has 1 saturated heterocycles. The van der Waals surface area contributed by atoms with E-state index in [0.717, 1.165) is 30.8 Å². The first-order chi connectivity index (χ1) is 10.4. The minimum absolute atomic E-state index is 0.0545. The molecule has 0 bridgehead atoms. The number of hydrogen-bond donors (Lipinski definition) is 1. The first-order valence-corrected chi connectivity index (χ1v) is 7.50. The number of carbonyl (C=O) groups excluding carboxylic acids is 1. The molecule has 1 aliphatic heterocycles. The average molecular weight is 309 g/mol. The lowest BCUT2D eigenvalue weighted by Gasteiger charge is -2.34. The number of morpholine rings is 1. The summed E-state index contributed by atoms with van der Waals surface area (Å²) in [6.07, 6.45) is 0.0545. The maximum atomic E-state index is 13.2. The van der Waals surface area contributed by atoms with E-state index in [2.05, 4.69) is 4.90 Å². The second-order valence-corrected chi connectivity index (χ2v) is 5.96. The molecule has 1 atom stereocenters. The molecule has 0 spiro atoms. The topological polar surface area (TPSA) is 58.8 Å². The lowest BCUT2D eigenvalue weighted by atomic mass is 10.1. The van der Waals surface area contributed by atoms with Crippen LogP contribution in [0.15, 0.2) is 18.2 Å². The van der Waals surface area contributed by atoms with Gasteiger partial charge in [-0.05, 0) is 37.2 Å². The molecule has 5 nitrogen and oxygen atoms in total. The molecule has 0 aliphatic carbocycles. The average Bonchev–Trinajstić information content (AvgIpc) is 2.41. The predicted molar refractivity (Wildman–Crippen MR) is 82.8 cm³/mol. The first kappa shape index (κ1) is 16.9. The summed E-state index contributed by atoms with van der Waals surface area (Å²) in [5, 5.41) is 0. The molecule has 1 amide bonds. The van der Waals surface area contributed by atoms with Gasteiger partial charge < -0.3 is 10.5 Å². The van der Waals surface area contributed by atoms with Crippen molar-refractivity contribution >= 4 is 5.91 Å². The van der Waals surface area contributed by atoms with Gasteiger partial charge >= 0.3 is 0 Å². The van der Waals surface area contributed by atoms with Crippen molar-refractivity contribution in [2.24, 2.45) is 5.73 Å². The van der Waals surface area contributed by atoms with Gasteiger partial charge in [0.1, 0.15) is 5.82 Å². The second kappa shape index (κ2) is 7.67. The minimum atomic E-state index is -0.336. The van der Waals surface area contributed by atoms with Crippen molar-refractivity contribution in [2.45, 2.75) is 19.6 Å². The Morgan fingerprint density at radius 1 is 1.55 bits per heavy atom. The largest absolute Gasteiger partial charge is 0.374 e. The third-order valence-corrected chi connectivity index (χ3v) is 3.86. The Balaban J connectivity index is 1.89. The van der Waals surface area contributed by atoms with Gasteiger partial charge in [-0.25, -0.2) is 4.39 Å². The minimum Gasteiger partial charge on any atom is -0.374 e. The Hall–Kier alpha value is -1.50. The summed E-state index contributed by atoms with van der Waals surface area (Å²) in [7, 11) is 1.86. The number of halogens is 1. The van der Waals surface area contributed by atoms with Crippen LogP contribution in [0.25, 0.3) is 0 Å².